The molecule has 0 bridgehead atoms. The number of nitrogens with one attached hydrogen (secondary N) is 2. The summed E-state index contributed by atoms with van der Waals surface area (Å²) in [6.45, 7) is 2.19. The molecule has 29 heavy (non-hydrogen) atoms. The Morgan fingerprint density at radius 3 is 2.21 bits per heavy atom. The number of benzene rings is 3. The van der Waals surface area contributed by atoms with Gasteiger partial charge in [0, 0.05) is 6.54 Å². The molecule has 3 N–H and O–H groups in total. The maximum atomic E-state index is 13.1. The number of aliphatic hydroxyl groups excluding tert-OH is 1. The van der Waals surface area contributed by atoms with Crippen LogP contribution in [0.25, 0.3) is 0 Å². The lowest BCUT2D eigenvalue weighted by atomic mass is 10.0. The smallest absolute Gasteiger partial charge is 0.246 e. The summed E-state index contributed by atoms with van der Waals surface area (Å²) < 4.78 is 5.37. The van der Waals surface area contributed by atoms with E-state index in [2.05, 4.69) is 10.6 Å². The van der Waals surface area contributed by atoms with Crippen molar-refractivity contribution in [1.82, 2.24) is 5.32 Å². The van der Waals surface area contributed by atoms with Crippen molar-refractivity contribution in [2.24, 2.45) is 0 Å². The topological polar surface area (TPSA) is 70.6 Å². The number of hydrogen-bond donors (Lipinski definition) is 3. The van der Waals surface area contributed by atoms with Gasteiger partial charge in [-0.25, -0.2) is 0 Å². The molecular weight excluding hydrogens is 364 g/mol. The fourth-order valence-corrected chi connectivity index (χ4v) is 3.15. The molecule has 0 aliphatic carbocycles. The molecule has 5 nitrogen and oxygen atoms in total. The van der Waals surface area contributed by atoms with Crippen molar-refractivity contribution in [1.29, 1.82) is 0 Å². The molecule has 0 aliphatic rings. The highest BCUT2D eigenvalue weighted by Crippen LogP contribution is 2.27. The molecule has 0 saturated heterocycles. The van der Waals surface area contributed by atoms with Crippen molar-refractivity contribution >= 4 is 11.6 Å². The van der Waals surface area contributed by atoms with Crippen molar-refractivity contribution in [3.63, 3.8) is 0 Å². The van der Waals surface area contributed by atoms with Crippen LogP contribution in [0.1, 0.15) is 28.8 Å². The first-order chi connectivity index (χ1) is 14.1. The van der Waals surface area contributed by atoms with E-state index in [0.29, 0.717) is 11.4 Å². The van der Waals surface area contributed by atoms with Gasteiger partial charge in [0.25, 0.3) is 0 Å². The molecule has 0 radical (unpaired) electrons. The van der Waals surface area contributed by atoms with E-state index in [-0.39, 0.29) is 12.5 Å². The Bertz CT molecular complexity index is 929. The van der Waals surface area contributed by atoms with E-state index in [1.807, 2.05) is 85.8 Å². The van der Waals surface area contributed by atoms with Crippen LogP contribution in [0.4, 0.5) is 5.69 Å². The third-order valence-electron chi connectivity index (χ3n) is 4.71. The molecule has 0 spiro atoms. The Morgan fingerprint density at radius 2 is 1.59 bits per heavy atom. The minimum Gasteiger partial charge on any atom is -0.495 e. The summed E-state index contributed by atoms with van der Waals surface area (Å²) in [5, 5.41) is 16.7. The molecule has 0 unspecified atom stereocenters. The van der Waals surface area contributed by atoms with Gasteiger partial charge >= 0.3 is 0 Å². The average Bonchev–Trinajstić information content (AvgIpc) is 2.75. The number of amides is 1. The zero-order valence-corrected chi connectivity index (χ0v) is 16.6. The van der Waals surface area contributed by atoms with Crippen LogP contribution < -0.4 is 15.4 Å². The van der Waals surface area contributed by atoms with E-state index in [0.717, 1.165) is 16.7 Å². The highest BCUT2D eigenvalue weighted by atomic mass is 16.5. The van der Waals surface area contributed by atoms with Gasteiger partial charge in [-0.1, -0.05) is 66.7 Å². The fourth-order valence-electron chi connectivity index (χ4n) is 3.15. The van der Waals surface area contributed by atoms with Crippen molar-refractivity contribution in [3.05, 3.63) is 95.6 Å². The van der Waals surface area contributed by atoms with Crippen LogP contribution in [0.3, 0.4) is 0 Å². The van der Waals surface area contributed by atoms with Crippen LogP contribution in [0.15, 0.2) is 78.9 Å². The quantitative estimate of drug-likeness (QED) is 0.544. The Labute approximate surface area is 171 Å². The van der Waals surface area contributed by atoms with Gasteiger partial charge in [0.1, 0.15) is 11.8 Å². The summed E-state index contributed by atoms with van der Waals surface area (Å²) in [4.78, 5) is 13.1. The minimum absolute atomic E-state index is 0.222. The van der Waals surface area contributed by atoms with Crippen LogP contribution in [0.2, 0.25) is 0 Å². The third kappa shape index (κ3) is 5.44. The van der Waals surface area contributed by atoms with Crippen LogP contribution in [-0.2, 0) is 4.79 Å². The Morgan fingerprint density at radius 1 is 0.966 bits per heavy atom. The van der Waals surface area contributed by atoms with Crippen LogP contribution >= 0.6 is 0 Å². The van der Waals surface area contributed by atoms with Gasteiger partial charge in [-0.3, -0.25) is 10.1 Å². The molecule has 0 heterocycles. The Balaban J connectivity index is 1.79. The van der Waals surface area contributed by atoms with E-state index in [1.54, 1.807) is 7.11 Å². The average molecular weight is 390 g/mol. The molecular formula is C24H26N2O3. The molecule has 2 atom stereocenters. The van der Waals surface area contributed by atoms with E-state index < -0.39 is 12.1 Å². The lowest BCUT2D eigenvalue weighted by Crippen LogP contribution is -2.35. The van der Waals surface area contributed by atoms with Gasteiger partial charge in [0.2, 0.25) is 5.91 Å². The number of aryl methyl sites for hydroxylation is 1. The lowest BCUT2D eigenvalue weighted by molar-refractivity contribution is -0.118. The number of hydrogen-bond acceptors (Lipinski definition) is 4. The van der Waals surface area contributed by atoms with E-state index in [9.17, 15) is 9.90 Å². The maximum absolute atomic E-state index is 13.1. The summed E-state index contributed by atoms with van der Waals surface area (Å²) in [7, 11) is 1.57. The minimum atomic E-state index is -0.719. The Kier molecular flexibility index (Phi) is 7.00. The number of anilines is 1. The van der Waals surface area contributed by atoms with Gasteiger partial charge in [-0.2, -0.15) is 0 Å². The summed E-state index contributed by atoms with van der Waals surface area (Å²) in [5.74, 6) is 0.375. The van der Waals surface area contributed by atoms with Gasteiger partial charge in [0.15, 0.2) is 0 Å². The zero-order chi connectivity index (χ0) is 20.6. The van der Waals surface area contributed by atoms with Crippen LogP contribution in [0, 0.1) is 6.92 Å². The van der Waals surface area contributed by atoms with Gasteiger partial charge in [-0.05, 0) is 35.7 Å². The number of methoxy groups -OCH3 is 1. The van der Waals surface area contributed by atoms with E-state index in [4.69, 9.17) is 4.74 Å². The first kappa shape index (κ1) is 20.6. The maximum Gasteiger partial charge on any atom is 0.246 e. The molecule has 0 aliphatic heterocycles. The molecule has 0 aromatic heterocycles. The molecule has 0 fully saturated rings. The van der Waals surface area contributed by atoms with Crippen molar-refractivity contribution in [2.75, 3.05) is 19.0 Å². The zero-order valence-electron chi connectivity index (χ0n) is 16.6. The number of rotatable bonds is 8. The largest absolute Gasteiger partial charge is 0.495 e. The fraction of sp³-hybridized carbons (Fsp3) is 0.208. The predicted octanol–water partition coefficient (Wildman–Crippen LogP) is 4.01. The molecule has 5 heteroatoms. The van der Waals surface area contributed by atoms with E-state index >= 15 is 0 Å². The highest BCUT2D eigenvalue weighted by molar-refractivity contribution is 5.96. The molecule has 3 aromatic rings. The lowest BCUT2D eigenvalue weighted by Gasteiger charge is -2.22. The van der Waals surface area contributed by atoms with Gasteiger partial charge in [0.05, 0.1) is 18.9 Å². The highest BCUT2D eigenvalue weighted by Gasteiger charge is 2.22. The number of carbonyl (C=O) groups is 1. The summed E-state index contributed by atoms with van der Waals surface area (Å²) in [6.07, 6.45) is -0.719. The monoisotopic (exact) mass is 390 g/mol. The standard InChI is InChI=1S/C24H26N2O3/c1-17-13-14-22(29-2)20(15-17)26-24(28)23(19-11-7-4-8-12-19)25-16-21(27)18-9-5-3-6-10-18/h3-15,21,23,25,27H,16H2,1-2H3,(H,26,28)/t21-,23-/m1/s1. The SMILES string of the molecule is COc1ccc(C)cc1NC(=O)[C@H](NC[C@@H](O)c1ccccc1)c1ccccc1. The second-order valence-electron chi connectivity index (χ2n) is 6.87. The van der Waals surface area contributed by atoms with Gasteiger partial charge in [-0.15, -0.1) is 0 Å². The van der Waals surface area contributed by atoms with Crippen LogP contribution in [0.5, 0.6) is 5.75 Å². The molecule has 150 valence electrons. The molecule has 0 saturated carbocycles. The number of carbonyl (C=O) groups excluding carboxylic acids is 1. The normalized spacial score (nSPS) is 12.8. The second kappa shape index (κ2) is 9.87. The molecule has 3 aromatic carbocycles. The van der Waals surface area contributed by atoms with Crippen molar-refractivity contribution < 1.29 is 14.6 Å². The van der Waals surface area contributed by atoms with Gasteiger partial charge < -0.3 is 15.2 Å². The van der Waals surface area contributed by atoms with Crippen molar-refractivity contribution in [2.45, 2.75) is 19.1 Å². The first-order valence-corrected chi connectivity index (χ1v) is 9.55. The summed E-state index contributed by atoms with van der Waals surface area (Å²) in [6, 6.07) is 23.8. The van der Waals surface area contributed by atoms with Crippen LogP contribution in [-0.4, -0.2) is 24.7 Å². The summed E-state index contributed by atoms with van der Waals surface area (Å²) in [5.41, 5.74) is 3.25. The molecule has 3 rings (SSSR count). The predicted molar refractivity (Wildman–Crippen MR) is 115 cm³/mol. The first-order valence-electron chi connectivity index (χ1n) is 9.55. The third-order valence-corrected chi connectivity index (χ3v) is 4.71. The number of ether oxygens (including phenoxy) is 1. The summed E-state index contributed by atoms with van der Waals surface area (Å²) >= 11 is 0. The van der Waals surface area contributed by atoms with Crippen molar-refractivity contribution in [3.8, 4) is 5.75 Å². The second-order valence-corrected chi connectivity index (χ2v) is 6.87. The van der Waals surface area contributed by atoms with E-state index in [1.165, 1.54) is 0 Å². The molecule has 1 amide bonds. The number of aliphatic hydroxyl groups is 1. The Hall–Kier alpha value is -3.15.